The van der Waals surface area contributed by atoms with Crippen LogP contribution in [0.25, 0.3) is 0 Å². The molecule has 1 atom stereocenters. The molecule has 1 aromatic heterocycles. The minimum absolute atomic E-state index is 0.101. The number of nitrogens with one attached hydrogen (secondary N) is 3. The number of alkyl halides is 3. The lowest BCUT2D eigenvalue weighted by Crippen LogP contribution is -2.24. The summed E-state index contributed by atoms with van der Waals surface area (Å²) in [6, 6.07) is 12.7. The molecular weight excluding hydrogens is 520 g/mol. The highest BCUT2D eigenvalue weighted by molar-refractivity contribution is 7.70. The molecule has 0 aliphatic carbocycles. The predicted octanol–water partition coefficient (Wildman–Crippen LogP) is 5.27. The third-order valence-corrected chi connectivity index (χ3v) is 6.72. The molecular formula is C25H28F3N6O3P. The van der Waals surface area contributed by atoms with Crippen molar-refractivity contribution in [2.24, 2.45) is 5.92 Å². The Balaban J connectivity index is 1.91. The van der Waals surface area contributed by atoms with Crippen molar-refractivity contribution >= 4 is 35.6 Å². The molecule has 13 heteroatoms. The molecule has 0 aliphatic rings. The Morgan fingerprint density at radius 2 is 1.87 bits per heavy atom. The second kappa shape index (κ2) is 11.9. The number of anilines is 4. The lowest BCUT2D eigenvalue weighted by Gasteiger charge is -2.18. The molecule has 38 heavy (non-hydrogen) atoms. The van der Waals surface area contributed by atoms with Crippen molar-refractivity contribution in [1.82, 2.24) is 15.4 Å². The Bertz CT molecular complexity index is 1370. The average Bonchev–Trinajstić information content (AvgIpc) is 2.82. The molecule has 0 amide bonds. The standard InChI is InChI=1S/C25H28F3N6O3P/c1-15(2)14-37-34-23(35)18-10-9-17(11-16(18)12-29)31-24-30-13-19(25(26,27)28)22(33-24)32-20-7-5-6-8-21(20)38(3,4)36/h5-11,13,15,23,34-35H,14H2,1-4H3,(H2,30,31,32,33). The highest BCUT2D eigenvalue weighted by Gasteiger charge is 2.35. The van der Waals surface area contributed by atoms with E-state index in [-0.39, 0.29) is 28.7 Å². The zero-order valence-corrected chi connectivity index (χ0v) is 22.1. The number of nitrogens with zero attached hydrogens (tertiary/aromatic N) is 3. The Kier molecular flexibility index (Phi) is 9.12. The third-order valence-electron chi connectivity index (χ3n) is 5.17. The fourth-order valence-corrected chi connectivity index (χ4v) is 4.53. The van der Waals surface area contributed by atoms with E-state index in [9.17, 15) is 28.1 Å². The number of aliphatic hydroxyl groups excluding tert-OH is 1. The number of hydrogen-bond acceptors (Lipinski definition) is 9. The van der Waals surface area contributed by atoms with Gasteiger partial charge in [0.2, 0.25) is 5.95 Å². The van der Waals surface area contributed by atoms with Gasteiger partial charge in [0.25, 0.3) is 0 Å². The first kappa shape index (κ1) is 29.1. The van der Waals surface area contributed by atoms with Crippen molar-refractivity contribution in [1.29, 1.82) is 5.26 Å². The molecule has 0 fully saturated rings. The van der Waals surface area contributed by atoms with E-state index in [4.69, 9.17) is 4.84 Å². The van der Waals surface area contributed by atoms with E-state index in [0.29, 0.717) is 23.8 Å². The maximum atomic E-state index is 13.7. The molecule has 1 unspecified atom stereocenters. The third kappa shape index (κ3) is 7.52. The van der Waals surface area contributed by atoms with Gasteiger partial charge in [-0.25, -0.2) is 4.98 Å². The van der Waals surface area contributed by atoms with Crippen LogP contribution >= 0.6 is 7.14 Å². The SMILES string of the molecule is CC(C)CONC(O)c1ccc(Nc2ncc(C(F)(F)F)c(Nc3ccccc3P(C)(C)=O)n2)cc1C#N. The minimum Gasteiger partial charge on any atom is -0.372 e. The van der Waals surface area contributed by atoms with Crippen molar-refractivity contribution in [2.75, 3.05) is 30.6 Å². The van der Waals surface area contributed by atoms with E-state index in [1.807, 2.05) is 19.9 Å². The number of aliphatic hydroxyl groups is 1. The van der Waals surface area contributed by atoms with Gasteiger partial charge in [-0.1, -0.05) is 32.0 Å². The summed E-state index contributed by atoms with van der Waals surface area (Å²) in [7, 11) is -2.82. The van der Waals surface area contributed by atoms with Crippen molar-refractivity contribution in [3.8, 4) is 6.07 Å². The molecule has 3 rings (SSSR count). The van der Waals surface area contributed by atoms with E-state index in [2.05, 4.69) is 26.1 Å². The van der Waals surface area contributed by atoms with Gasteiger partial charge in [-0.2, -0.15) is 28.9 Å². The van der Waals surface area contributed by atoms with Gasteiger partial charge >= 0.3 is 6.18 Å². The summed E-state index contributed by atoms with van der Waals surface area (Å²) < 4.78 is 53.9. The van der Waals surface area contributed by atoms with E-state index >= 15 is 0 Å². The second-order valence-electron chi connectivity index (χ2n) is 9.21. The number of aromatic nitrogens is 2. The van der Waals surface area contributed by atoms with Crippen molar-refractivity contribution < 1.29 is 27.7 Å². The fourth-order valence-electron chi connectivity index (χ4n) is 3.38. The lowest BCUT2D eigenvalue weighted by molar-refractivity contribution is -0.137. The molecule has 0 bridgehead atoms. The van der Waals surface area contributed by atoms with Crippen molar-refractivity contribution in [2.45, 2.75) is 26.3 Å². The van der Waals surface area contributed by atoms with Crippen LogP contribution in [0.2, 0.25) is 0 Å². The zero-order chi connectivity index (χ0) is 28.1. The fraction of sp³-hybridized carbons (Fsp3) is 0.320. The van der Waals surface area contributed by atoms with Crippen molar-refractivity contribution in [3.63, 3.8) is 0 Å². The zero-order valence-electron chi connectivity index (χ0n) is 21.2. The number of nitriles is 1. The van der Waals surface area contributed by atoms with Crippen LogP contribution in [0.15, 0.2) is 48.7 Å². The summed E-state index contributed by atoms with van der Waals surface area (Å²) in [5.41, 5.74) is 2.24. The number of hydrogen-bond donors (Lipinski definition) is 4. The van der Waals surface area contributed by atoms with E-state index in [0.717, 1.165) is 0 Å². The summed E-state index contributed by atoms with van der Waals surface area (Å²) in [6.07, 6.45) is -5.39. The van der Waals surface area contributed by atoms with E-state index in [1.165, 1.54) is 37.6 Å². The highest BCUT2D eigenvalue weighted by Crippen LogP contribution is 2.40. The minimum atomic E-state index is -4.76. The number of hydroxylamine groups is 1. The second-order valence-corrected chi connectivity index (χ2v) is 12.4. The summed E-state index contributed by atoms with van der Waals surface area (Å²) in [5.74, 6) is -0.485. The first-order valence-corrected chi connectivity index (χ1v) is 14.1. The predicted molar refractivity (Wildman–Crippen MR) is 139 cm³/mol. The van der Waals surface area contributed by atoms with E-state index in [1.54, 1.807) is 18.2 Å². The molecule has 2 aromatic carbocycles. The van der Waals surface area contributed by atoms with Gasteiger partial charge in [0.05, 0.1) is 23.9 Å². The van der Waals surface area contributed by atoms with Gasteiger partial charge in [-0.3, -0.25) is 4.84 Å². The van der Waals surface area contributed by atoms with Crippen LogP contribution in [0, 0.1) is 17.2 Å². The molecule has 9 nitrogen and oxygen atoms in total. The van der Waals surface area contributed by atoms with Gasteiger partial charge in [-0.15, -0.1) is 0 Å². The molecule has 202 valence electrons. The number of halogens is 3. The molecule has 3 aromatic rings. The van der Waals surface area contributed by atoms with Crippen LogP contribution in [0.5, 0.6) is 0 Å². The number of benzene rings is 2. The van der Waals surface area contributed by atoms with Gasteiger partial charge in [0, 0.05) is 22.8 Å². The Morgan fingerprint density at radius 1 is 1.16 bits per heavy atom. The Labute approximate surface area is 218 Å². The monoisotopic (exact) mass is 548 g/mol. The summed E-state index contributed by atoms with van der Waals surface area (Å²) in [6.45, 7) is 7.25. The maximum Gasteiger partial charge on any atom is 0.421 e. The van der Waals surface area contributed by atoms with Crippen LogP contribution in [0.4, 0.5) is 36.3 Å². The topological polar surface area (TPSA) is 132 Å². The molecule has 1 heterocycles. The van der Waals surface area contributed by atoms with Crippen LogP contribution in [0.3, 0.4) is 0 Å². The highest BCUT2D eigenvalue weighted by atomic mass is 31.2. The lowest BCUT2D eigenvalue weighted by atomic mass is 10.1. The summed E-state index contributed by atoms with van der Waals surface area (Å²) in [4.78, 5) is 13.0. The van der Waals surface area contributed by atoms with Gasteiger partial charge < -0.3 is 20.3 Å². The first-order valence-electron chi connectivity index (χ1n) is 11.5. The first-order chi connectivity index (χ1) is 17.8. The molecule has 4 N–H and O–H groups in total. The van der Waals surface area contributed by atoms with Crippen LogP contribution in [0.1, 0.15) is 36.8 Å². The van der Waals surface area contributed by atoms with E-state index < -0.39 is 30.9 Å². The maximum absolute atomic E-state index is 13.7. The smallest absolute Gasteiger partial charge is 0.372 e. The number of rotatable bonds is 10. The van der Waals surface area contributed by atoms with Gasteiger partial charge in [-0.05, 0) is 43.5 Å². The van der Waals surface area contributed by atoms with Crippen LogP contribution in [-0.2, 0) is 15.6 Å². The van der Waals surface area contributed by atoms with Gasteiger partial charge in [0.1, 0.15) is 18.5 Å². The Hall–Kier alpha value is -3.49. The van der Waals surface area contributed by atoms with Crippen LogP contribution in [-0.4, -0.2) is 35.0 Å². The molecule has 0 saturated carbocycles. The molecule has 0 radical (unpaired) electrons. The van der Waals surface area contributed by atoms with Gasteiger partial charge in [0.15, 0.2) is 6.23 Å². The normalized spacial score (nSPS) is 12.7. The average molecular weight is 549 g/mol. The summed E-state index contributed by atoms with van der Waals surface area (Å²) >= 11 is 0. The molecule has 0 spiro atoms. The molecule has 0 saturated heterocycles. The summed E-state index contributed by atoms with van der Waals surface area (Å²) in [5, 5.41) is 25.7. The quantitative estimate of drug-likeness (QED) is 0.152. The van der Waals surface area contributed by atoms with Crippen molar-refractivity contribution in [3.05, 3.63) is 65.4 Å². The Morgan fingerprint density at radius 3 is 2.50 bits per heavy atom. The number of para-hydroxylation sites is 1. The largest absolute Gasteiger partial charge is 0.421 e. The molecule has 0 aliphatic heterocycles. The van der Waals surface area contributed by atoms with Crippen LogP contribution < -0.4 is 21.4 Å².